The van der Waals surface area contributed by atoms with Gasteiger partial charge in [0.1, 0.15) is 0 Å². The molecule has 0 aliphatic heterocycles. The smallest absolute Gasteiger partial charge is 0.258 e. The predicted octanol–water partition coefficient (Wildman–Crippen LogP) is 3.17. The molecule has 0 N–H and O–H groups in total. The van der Waals surface area contributed by atoms with Gasteiger partial charge in [0.05, 0.1) is 16.7 Å². The highest BCUT2D eigenvalue weighted by molar-refractivity contribution is 7.14. The number of benzene rings is 1. The summed E-state index contributed by atoms with van der Waals surface area (Å²) < 4.78 is 0.448. The first-order valence-electron chi connectivity index (χ1n) is 3.94. The highest BCUT2D eigenvalue weighted by Crippen LogP contribution is 2.25. The van der Waals surface area contributed by atoms with Crippen LogP contribution in [0.5, 0.6) is 0 Å². The minimum absolute atomic E-state index is 0.0555. The fraction of sp³-hybridized carbons (Fsp3) is 0. The van der Waals surface area contributed by atoms with E-state index in [-0.39, 0.29) is 5.69 Å². The van der Waals surface area contributed by atoms with Gasteiger partial charge in [-0.2, -0.15) is 0 Å². The van der Waals surface area contributed by atoms with Crippen LogP contribution in [0.15, 0.2) is 23.6 Å². The fourth-order valence-electron chi connectivity index (χ4n) is 1.07. The van der Waals surface area contributed by atoms with Gasteiger partial charge in [-0.05, 0) is 12.1 Å². The summed E-state index contributed by atoms with van der Waals surface area (Å²) in [6, 6.07) is 7.11. The van der Waals surface area contributed by atoms with Crippen LogP contribution >= 0.6 is 22.9 Å². The normalized spacial score (nSPS) is 10.2. The number of hydrogen-bond acceptors (Lipinski definition) is 4. The van der Waals surface area contributed by atoms with Crippen LogP contribution < -0.4 is 0 Å². The van der Waals surface area contributed by atoms with Crippen molar-refractivity contribution in [3.63, 3.8) is 0 Å². The van der Waals surface area contributed by atoms with Crippen LogP contribution in [-0.4, -0.2) is 9.91 Å². The maximum Gasteiger partial charge on any atom is 0.277 e. The Kier molecular flexibility index (Phi) is 2.66. The van der Waals surface area contributed by atoms with Crippen molar-refractivity contribution in [2.75, 3.05) is 0 Å². The average Bonchev–Trinajstić information content (AvgIpc) is 2.65. The van der Waals surface area contributed by atoms with Crippen LogP contribution in [0.25, 0.3) is 11.3 Å². The summed E-state index contributed by atoms with van der Waals surface area (Å²) in [5.41, 5.74) is 1.42. The fourth-order valence-corrected chi connectivity index (χ4v) is 1.85. The molecule has 1 heterocycles. The van der Waals surface area contributed by atoms with Gasteiger partial charge in [-0.1, -0.05) is 11.6 Å². The third kappa shape index (κ3) is 2.14. The SMILES string of the molecule is O=[N+]([O-])c1[c]cc(-c2csc(Cl)n2)cc1. The molecule has 2 aromatic rings. The molecule has 4 nitrogen and oxygen atoms in total. The summed E-state index contributed by atoms with van der Waals surface area (Å²) in [5, 5.41) is 12.2. The lowest BCUT2D eigenvalue weighted by molar-refractivity contribution is -0.385. The molecular weight excluding hydrogens is 236 g/mol. The number of rotatable bonds is 2. The number of nitro groups is 1. The van der Waals surface area contributed by atoms with Crippen molar-refractivity contribution < 1.29 is 4.92 Å². The Morgan fingerprint density at radius 1 is 1.53 bits per heavy atom. The van der Waals surface area contributed by atoms with Crippen molar-refractivity contribution in [1.82, 2.24) is 4.98 Å². The van der Waals surface area contributed by atoms with E-state index in [9.17, 15) is 10.1 Å². The van der Waals surface area contributed by atoms with E-state index in [4.69, 9.17) is 11.6 Å². The van der Waals surface area contributed by atoms with E-state index in [0.717, 1.165) is 5.56 Å². The first-order valence-corrected chi connectivity index (χ1v) is 5.20. The molecule has 1 aromatic heterocycles. The quantitative estimate of drug-likeness (QED) is 0.597. The van der Waals surface area contributed by atoms with Gasteiger partial charge >= 0.3 is 0 Å². The number of aromatic nitrogens is 1. The van der Waals surface area contributed by atoms with E-state index >= 15 is 0 Å². The molecule has 0 saturated carbocycles. The van der Waals surface area contributed by atoms with Crippen molar-refractivity contribution in [3.05, 3.63) is 44.2 Å². The molecule has 0 aliphatic rings. The van der Waals surface area contributed by atoms with E-state index < -0.39 is 4.92 Å². The standard InChI is InChI=1S/C9H4ClN2O2S/c10-9-11-8(5-15-9)6-1-3-7(4-2-6)12(13)14/h1-3,5H. The molecule has 0 atom stereocenters. The van der Waals surface area contributed by atoms with Crippen molar-refractivity contribution in [1.29, 1.82) is 0 Å². The van der Waals surface area contributed by atoms with E-state index in [1.165, 1.54) is 23.5 Å². The first kappa shape index (κ1) is 10.1. The molecule has 0 aliphatic carbocycles. The number of thiazole rings is 1. The third-order valence-electron chi connectivity index (χ3n) is 1.76. The zero-order valence-corrected chi connectivity index (χ0v) is 8.88. The summed E-state index contributed by atoms with van der Waals surface area (Å²) >= 11 is 7.00. The van der Waals surface area contributed by atoms with Gasteiger partial charge in [0, 0.05) is 17.0 Å². The van der Waals surface area contributed by atoms with Gasteiger partial charge < -0.3 is 0 Å². The minimum Gasteiger partial charge on any atom is -0.258 e. The van der Waals surface area contributed by atoms with E-state index in [1.807, 2.05) is 0 Å². The Bertz CT molecular complexity index is 495. The highest BCUT2D eigenvalue weighted by atomic mass is 35.5. The number of non-ortho nitro benzene ring substituents is 1. The second kappa shape index (κ2) is 3.96. The molecule has 0 spiro atoms. The third-order valence-corrected chi connectivity index (χ3v) is 2.74. The van der Waals surface area contributed by atoms with Gasteiger partial charge in [-0.25, -0.2) is 4.98 Å². The largest absolute Gasteiger partial charge is 0.277 e. The summed E-state index contributed by atoms with van der Waals surface area (Å²) in [6.45, 7) is 0. The lowest BCUT2D eigenvalue weighted by Crippen LogP contribution is -1.87. The second-order valence-corrected chi connectivity index (χ2v) is 4.15. The van der Waals surface area contributed by atoms with Crippen LogP contribution in [0.4, 0.5) is 5.69 Å². The highest BCUT2D eigenvalue weighted by Gasteiger charge is 2.07. The number of hydrogen-bond donors (Lipinski definition) is 0. The minimum atomic E-state index is -0.488. The summed E-state index contributed by atoms with van der Waals surface area (Å²) in [6.07, 6.45) is 0. The van der Waals surface area contributed by atoms with Crippen LogP contribution in [0.1, 0.15) is 0 Å². The monoisotopic (exact) mass is 239 g/mol. The zero-order chi connectivity index (χ0) is 10.8. The molecule has 6 heteroatoms. The molecular formula is C9H4ClN2O2S. The van der Waals surface area contributed by atoms with Gasteiger partial charge in [-0.15, -0.1) is 11.3 Å². The lowest BCUT2D eigenvalue weighted by atomic mass is 10.1. The van der Waals surface area contributed by atoms with Crippen LogP contribution in [-0.2, 0) is 0 Å². The second-order valence-electron chi connectivity index (χ2n) is 2.71. The van der Waals surface area contributed by atoms with Crippen LogP contribution in [0.3, 0.4) is 0 Å². The summed E-state index contributed by atoms with van der Waals surface area (Å²) in [4.78, 5) is 14.0. The van der Waals surface area contributed by atoms with E-state index in [2.05, 4.69) is 11.1 Å². The van der Waals surface area contributed by atoms with Crippen molar-refractivity contribution in [3.8, 4) is 11.3 Å². The van der Waals surface area contributed by atoms with Crippen molar-refractivity contribution >= 4 is 28.6 Å². The molecule has 15 heavy (non-hydrogen) atoms. The Labute approximate surface area is 94.3 Å². The maximum absolute atomic E-state index is 10.4. The molecule has 0 saturated heterocycles. The summed E-state index contributed by atoms with van der Waals surface area (Å²) in [5.74, 6) is 0. The molecule has 0 fully saturated rings. The lowest BCUT2D eigenvalue weighted by Gasteiger charge is -1.94. The molecule has 0 amide bonds. The molecule has 1 aromatic carbocycles. The van der Waals surface area contributed by atoms with Crippen LogP contribution in [0.2, 0.25) is 4.47 Å². The molecule has 2 rings (SSSR count). The maximum atomic E-state index is 10.4. The molecule has 0 bridgehead atoms. The Balaban J connectivity index is 2.35. The number of halogens is 1. The zero-order valence-electron chi connectivity index (χ0n) is 7.31. The summed E-state index contributed by atoms with van der Waals surface area (Å²) in [7, 11) is 0. The molecule has 0 unspecified atom stereocenters. The van der Waals surface area contributed by atoms with E-state index in [0.29, 0.717) is 10.2 Å². The van der Waals surface area contributed by atoms with Gasteiger partial charge in [0.2, 0.25) is 0 Å². The average molecular weight is 240 g/mol. The first-order chi connectivity index (χ1) is 7.16. The topological polar surface area (TPSA) is 56.0 Å². The molecule has 75 valence electrons. The van der Waals surface area contributed by atoms with Gasteiger partial charge in [0.25, 0.3) is 5.69 Å². The number of nitrogens with zero attached hydrogens (tertiary/aromatic N) is 2. The number of nitro benzene ring substituents is 1. The molecule has 1 radical (unpaired) electrons. The van der Waals surface area contributed by atoms with Gasteiger partial charge in [0.15, 0.2) is 4.47 Å². The van der Waals surface area contributed by atoms with Crippen molar-refractivity contribution in [2.45, 2.75) is 0 Å². The predicted molar refractivity (Wildman–Crippen MR) is 58.1 cm³/mol. The Hall–Kier alpha value is -1.46. The van der Waals surface area contributed by atoms with E-state index in [1.54, 1.807) is 11.4 Å². The Morgan fingerprint density at radius 2 is 2.33 bits per heavy atom. The van der Waals surface area contributed by atoms with Crippen LogP contribution in [0, 0.1) is 16.2 Å². The van der Waals surface area contributed by atoms with Gasteiger partial charge in [-0.3, -0.25) is 10.1 Å². The Morgan fingerprint density at radius 3 is 2.80 bits per heavy atom. The van der Waals surface area contributed by atoms with Crippen molar-refractivity contribution in [2.24, 2.45) is 0 Å².